The summed E-state index contributed by atoms with van der Waals surface area (Å²) in [4.78, 5) is 0. The SMILES string of the molecule is CC1(C)O[C@H]2O[C@@]3(C[C@H]3CO)C(O[Si](c3ccccc3)(c3ccccc3)C(C)(C)C)[C@@H]2O1. The minimum atomic E-state index is -2.81. The van der Waals surface area contributed by atoms with Gasteiger partial charge in [0.25, 0.3) is 8.32 Å². The van der Waals surface area contributed by atoms with E-state index in [4.69, 9.17) is 18.6 Å². The molecule has 1 spiro atoms. The Morgan fingerprint density at radius 2 is 1.50 bits per heavy atom. The maximum absolute atomic E-state index is 10.0. The van der Waals surface area contributed by atoms with Crippen LogP contribution in [0, 0.1) is 5.92 Å². The largest absolute Gasteiger partial charge is 0.399 e. The number of benzene rings is 2. The fourth-order valence-corrected chi connectivity index (χ4v) is 10.4. The van der Waals surface area contributed by atoms with Gasteiger partial charge in [0.1, 0.15) is 17.8 Å². The number of fused-ring (bicyclic) bond motifs is 1. The lowest BCUT2D eigenvalue weighted by molar-refractivity contribution is -0.221. The first-order valence-corrected chi connectivity index (χ1v) is 13.5. The fraction of sp³-hybridized carbons (Fsp3) is 0.538. The number of hydrogen-bond donors (Lipinski definition) is 1. The lowest BCUT2D eigenvalue weighted by atomic mass is 10.1. The van der Waals surface area contributed by atoms with Crippen LogP contribution in [0.15, 0.2) is 60.7 Å². The van der Waals surface area contributed by atoms with Crippen molar-refractivity contribution in [2.75, 3.05) is 6.61 Å². The summed E-state index contributed by atoms with van der Waals surface area (Å²) in [5.41, 5.74) is -0.562. The molecule has 2 heterocycles. The summed E-state index contributed by atoms with van der Waals surface area (Å²) in [6, 6.07) is 21.2. The summed E-state index contributed by atoms with van der Waals surface area (Å²) in [6.45, 7) is 10.7. The van der Waals surface area contributed by atoms with E-state index >= 15 is 0 Å². The van der Waals surface area contributed by atoms with Gasteiger partial charge in [-0.15, -0.1) is 0 Å². The summed E-state index contributed by atoms with van der Waals surface area (Å²) in [7, 11) is -2.81. The van der Waals surface area contributed by atoms with Crippen LogP contribution in [0.1, 0.15) is 41.0 Å². The number of hydrogen-bond acceptors (Lipinski definition) is 5. The molecule has 1 saturated carbocycles. The Morgan fingerprint density at radius 1 is 0.938 bits per heavy atom. The zero-order valence-electron chi connectivity index (χ0n) is 19.6. The van der Waals surface area contributed by atoms with Crippen molar-refractivity contribution in [1.82, 2.24) is 0 Å². The summed E-state index contributed by atoms with van der Waals surface area (Å²) >= 11 is 0. The molecule has 0 radical (unpaired) electrons. The van der Waals surface area contributed by atoms with Gasteiger partial charge in [-0.05, 0) is 35.7 Å². The molecule has 2 aromatic carbocycles. The highest BCUT2D eigenvalue weighted by atomic mass is 28.4. The predicted molar refractivity (Wildman–Crippen MR) is 125 cm³/mol. The average Bonchev–Trinajstić information content (AvgIpc) is 3.28. The molecule has 5 nitrogen and oxygen atoms in total. The first kappa shape index (κ1) is 22.3. The van der Waals surface area contributed by atoms with Crippen LogP contribution in [-0.4, -0.2) is 49.9 Å². The third-order valence-electron chi connectivity index (χ3n) is 7.24. The lowest BCUT2D eigenvalue weighted by Crippen LogP contribution is -2.69. The molecule has 6 heteroatoms. The van der Waals surface area contributed by atoms with E-state index in [0.717, 1.165) is 6.42 Å². The molecule has 3 aliphatic rings. The number of ether oxygens (including phenoxy) is 3. The molecular weight excluding hydrogens is 420 g/mol. The highest BCUT2D eigenvalue weighted by Gasteiger charge is 2.74. The Labute approximate surface area is 191 Å². The molecule has 5 rings (SSSR count). The van der Waals surface area contributed by atoms with Crippen molar-refractivity contribution in [3.05, 3.63) is 60.7 Å². The van der Waals surface area contributed by atoms with Crippen LogP contribution >= 0.6 is 0 Å². The monoisotopic (exact) mass is 454 g/mol. The van der Waals surface area contributed by atoms with Gasteiger partial charge in [-0.2, -0.15) is 0 Å². The molecule has 0 bridgehead atoms. The molecule has 172 valence electrons. The molecule has 32 heavy (non-hydrogen) atoms. The lowest BCUT2D eigenvalue weighted by Gasteiger charge is -2.46. The van der Waals surface area contributed by atoms with Gasteiger partial charge < -0.3 is 23.7 Å². The summed E-state index contributed by atoms with van der Waals surface area (Å²) in [5, 5.41) is 12.3. The molecule has 2 saturated heterocycles. The van der Waals surface area contributed by atoms with Crippen LogP contribution in [0.3, 0.4) is 0 Å². The smallest absolute Gasteiger partial charge is 0.261 e. The molecule has 2 aromatic rings. The molecule has 0 aromatic heterocycles. The second kappa shape index (κ2) is 7.48. The van der Waals surface area contributed by atoms with E-state index in [1.807, 2.05) is 26.0 Å². The highest BCUT2D eigenvalue weighted by Crippen LogP contribution is 2.60. The normalized spacial score (nSPS) is 33.4. The Kier molecular flexibility index (Phi) is 5.21. The Balaban J connectivity index is 1.66. The van der Waals surface area contributed by atoms with Gasteiger partial charge in [-0.3, -0.25) is 0 Å². The number of aliphatic hydroxyl groups excluding tert-OH is 1. The van der Waals surface area contributed by atoms with Gasteiger partial charge in [0.05, 0.1) is 0 Å². The molecule has 3 fully saturated rings. The van der Waals surface area contributed by atoms with Crippen LogP contribution in [0.2, 0.25) is 5.04 Å². The summed E-state index contributed by atoms with van der Waals surface area (Å²) in [5.74, 6) is -0.695. The van der Waals surface area contributed by atoms with E-state index in [9.17, 15) is 5.11 Å². The van der Waals surface area contributed by atoms with Gasteiger partial charge in [0.2, 0.25) is 0 Å². The molecule has 1 unspecified atom stereocenters. The van der Waals surface area contributed by atoms with Crippen molar-refractivity contribution in [3.63, 3.8) is 0 Å². The first-order valence-electron chi connectivity index (χ1n) is 11.6. The summed E-state index contributed by atoms with van der Waals surface area (Å²) in [6.07, 6.45) is -0.377. The Bertz CT molecular complexity index is 918. The van der Waals surface area contributed by atoms with E-state index in [2.05, 4.69) is 69.3 Å². The molecular formula is C26H34O5Si. The zero-order chi connectivity index (χ0) is 22.8. The molecule has 2 aliphatic heterocycles. The molecule has 5 atom stereocenters. The maximum Gasteiger partial charge on any atom is 0.261 e. The van der Waals surface area contributed by atoms with Crippen LogP contribution in [0.25, 0.3) is 0 Å². The van der Waals surface area contributed by atoms with Crippen molar-refractivity contribution in [2.24, 2.45) is 5.92 Å². The van der Waals surface area contributed by atoms with E-state index < -0.39 is 26.0 Å². The minimum Gasteiger partial charge on any atom is -0.399 e. The van der Waals surface area contributed by atoms with Crippen molar-refractivity contribution in [2.45, 2.75) is 76.0 Å². The average molecular weight is 455 g/mol. The van der Waals surface area contributed by atoms with Gasteiger partial charge >= 0.3 is 0 Å². The van der Waals surface area contributed by atoms with Crippen LogP contribution in [-0.2, 0) is 18.6 Å². The van der Waals surface area contributed by atoms with E-state index in [0.29, 0.717) is 0 Å². The fourth-order valence-electron chi connectivity index (χ4n) is 5.70. The van der Waals surface area contributed by atoms with Crippen molar-refractivity contribution < 1.29 is 23.7 Å². The Morgan fingerprint density at radius 3 is 1.97 bits per heavy atom. The van der Waals surface area contributed by atoms with E-state index in [-0.39, 0.29) is 29.8 Å². The van der Waals surface area contributed by atoms with Gasteiger partial charge in [0.15, 0.2) is 12.1 Å². The standard InChI is InChI=1S/C26H34O5Si/c1-24(2,3)32(19-12-8-6-9-13-19,20-14-10-7-11-15-20)31-22-21-23(29-25(4,5)28-21)30-26(22)16-18(26)17-27/h6-15,18,21-23,27H,16-17H2,1-5H3/t18-,21-,22?,23-,26+/m0/s1. The quantitative estimate of drug-likeness (QED) is 0.704. The van der Waals surface area contributed by atoms with Crippen molar-refractivity contribution in [3.8, 4) is 0 Å². The van der Waals surface area contributed by atoms with E-state index in [1.54, 1.807) is 0 Å². The summed E-state index contributed by atoms with van der Waals surface area (Å²) < 4.78 is 26.4. The topological polar surface area (TPSA) is 57.2 Å². The van der Waals surface area contributed by atoms with Gasteiger partial charge in [0, 0.05) is 12.5 Å². The second-order valence-electron chi connectivity index (χ2n) is 10.8. The molecule has 1 N–H and O–H groups in total. The molecule has 1 aliphatic carbocycles. The van der Waals surface area contributed by atoms with E-state index in [1.165, 1.54) is 10.4 Å². The highest BCUT2D eigenvalue weighted by molar-refractivity contribution is 6.99. The third kappa shape index (κ3) is 3.31. The van der Waals surface area contributed by atoms with Gasteiger partial charge in [-0.1, -0.05) is 81.4 Å². The van der Waals surface area contributed by atoms with Gasteiger partial charge in [-0.25, -0.2) is 0 Å². The van der Waals surface area contributed by atoms with Crippen molar-refractivity contribution >= 4 is 18.7 Å². The third-order valence-corrected chi connectivity index (χ3v) is 12.3. The maximum atomic E-state index is 10.0. The number of aliphatic hydroxyl groups is 1. The van der Waals surface area contributed by atoms with Crippen LogP contribution < -0.4 is 10.4 Å². The van der Waals surface area contributed by atoms with Crippen LogP contribution in [0.5, 0.6) is 0 Å². The molecule has 0 amide bonds. The minimum absolute atomic E-state index is 0.0339. The number of rotatable bonds is 5. The first-order chi connectivity index (χ1) is 15.1. The van der Waals surface area contributed by atoms with Crippen molar-refractivity contribution in [1.29, 1.82) is 0 Å². The van der Waals surface area contributed by atoms with Crippen LogP contribution in [0.4, 0.5) is 0 Å². The predicted octanol–water partition coefficient (Wildman–Crippen LogP) is 3.19. The second-order valence-corrected chi connectivity index (χ2v) is 15.1. The zero-order valence-corrected chi connectivity index (χ0v) is 20.6. The Hall–Kier alpha value is -1.54.